The monoisotopic (exact) mass is 344 g/mol. The van der Waals surface area contributed by atoms with Gasteiger partial charge in [0.25, 0.3) is 5.91 Å². The number of nitrogens with zero attached hydrogens (tertiary/aromatic N) is 2. The molecule has 2 heterocycles. The van der Waals surface area contributed by atoms with Gasteiger partial charge in [0, 0.05) is 30.5 Å². The summed E-state index contributed by atoms with van der Waals surface area (Å²) in [5, 5.41) is 11.2. The van der Waals surface area contributed by atoms with Crippen LogP contribution < -0.4 is 0 Å². The quantitative estimate of drug-likeness (QED) is 0.925. The number of piperidine rings is 1. The second-order valence-corrected chi connectivity index (χ2v) is 6.81. The summed E-state index contributed by atoms with van der Waals surface area (Å²) in [6.45, 7) is 3.24. The Balaban J connectivity index is 1.61. The zero-order valence-corrected chi connectivity index (χ0v) is 14.4. The zero-order valence-electron chi connectivity index (χ0n) is 13.7. The summed E-state index contributed by atoms with van der Waals surface area (Å²) < 4.78 is 0. The van der Waals surface area contributed by atoms with Gasteiger partial charge in [-0.2, -0.15) is 0 Å². The number of likely N-dealkylation sites (tertiary alicyclic amines) is 1. The van der Waals surface area contributed by atoms with E-state index < -0.39 is 6.10 Å². The molecule has 1 unspecified atom stereocenters. The smallest absolute Gasteiger partial charge is 0.255 e. The Hall–Kier alpha value is -1.91. The van der Waals surface area contributed by atoms with Crippen LogP contribution in [-0.2, 0) is 0 Å². The highest BCUT2D eigenvalue weighted by Gasteiger charge is 2.28. The number of halogens is 1. The summed E-state index contributed by atoms with van der Waals surface area (Å²) in [6, 6.07) is 9.18. The summed E-state index contributed by atoms with van der Waals surface area (Å²) >= 11 is 5.89. The van der Waals surface area contributed by atoms with Gasteiger partial charge in [0.15, 0.2) is 0 Å². The summed E-state index contributed by atoms with van der Waals surface area (Å²) in [6.07, 6.45) is 4.42. The van der Waals surface area contributed by atoms with Gasteiger partial charge in [-0.15, -0.1) is 0 Å². The minimum atomic E-state index is -0.514. The fourth-order valence-corrected chi connectivity index (χ4v) is 3.33. The summed E-state index contributed by atoms with van der Waals surface area (Å²) in [4.78, 5) is 18.5. The average molecular weight is 345 g/mol. The Morgan fingerprint density at radius 3 is 2.54 bits per heavy atom. The van der Waals surface area contributed by atoms with Crippen LogP contribution in [0.4, 0.5) is 0 Å². The SMILES string of the molecule is Cc1cncc(C(=O)N2CCC(C(O)c3ccc(Cl)cc3)CC2)c1. The standard InChI is InChI=1S/C19H21ClN2O2/c1-13-10-16(12-21-11-13)19(24)22-8-6-15(7-9-22)18(23)14-2-4-17(20)5-3-14/h2-5,10-12,15,18,23H,6-9H2,1H3. The van der Waals surface area contributed by atoms with Crippen LogP contribution in [0, 0.1) is 12.8 Å². The molecule has 1 aliphatic heterocycles. The molecule has 1 N–H and O–H groups in total. The lowest BCUT2D eigenvalue weighted by molar-refractivity contribution is 0.0462. The highest BCUT2D eigenvalue weighted by Crippen LogP contribution is 2.31. The normalized spacial score (nSPS) is 16.9. The molecule has 1 aromatic heterocycles. The molecule has 0 bridgehead atoms. The molecule has 24 heavy (non-hydrogen) atoms. The highest BCUT2D eigenvalue weighted by molar-refractivity contribution is 6.30. The first kappa shape index (κ1) is 16.9. The Bertz CT molecular complexity index is 710. The van der Waals surface area contributed by atoms with Crippen molar-refractivity contribution in [2.24, 2.45) is 5.92 Å². The molecule has 1 amide bonds. The Labute approximate surface area is 147 Å². The van der Waals surface area contributed by atoms with Gasteiger partial charge in [0.2, 0.25) is 0 Å². The minimum Gasteiger partial charge on any atom is -0.388 e. The number of rotatable bonds is 3. The predicted octanol–water partition coefficient (Wildman–Crippen LogP) is 3.63. The van der Waals surface area contributed by atoms with Crippen LogP contribution in [0.2, 0.25) is 5.02 Å². The van der Waals surface area contributed by atoms with Gasteiger partial charge in [-0.05, 0) is 55.0 Å². The number of carbonyl (C=O) groups is 1. The molecule has 5 heteroatoms. The number of aliphatic hydroxyl groups excluding tert-OH is 1. The fourth-order valence-electron chi connectivity index (χ4n) is 3.20. The lowest BCUT2D eigenvalue weighted by Crippen LogP contribution is -2.39. The van der Waals surface area contributed by atoms with Crippen LogP contribution in [0.5, 0.6) is 0 Å². The van der Waals surface area contributed by atoms with Crippen LogP contribution >= 0.6 is 11.6 Å². The van der Waals surface area contributed by atoms with Crippen molar-refractivity contribution >= 4 is 17.5 Å². The number of benzene rings is 1. The van der Waals surface area contributed by atoms with E-state index >= 15 is 0 Å². The van der Waals surface area contributed by atoms with E-state index in [-0.39, 0.29) is 11.8 Å². The van der Waals surface area contributed by atoms with Gasteiger partial charge in [0.05, 0.1) is 11.7 Å². The molecule has 0 aliphatic carbocycles. The van der Waals surface area contributed by atoms with Crippen molar-refractivity contribution in [3.63, 3.8) is 0 Å². The first-order valence-corrected chi connectivity index (χ1v) is 8.57. The van der Waals surface area contributed by atoms with E-state index in [0.717, 1.165) is 24.0 Å². The van der Waals surface area contributed by atoms with Crippen LogP contribution in [0.25, 0.3) is 0 Å². The molecule has 0 saturated carbocycles. The predicted molar refractivity (Wildman–Crippen MR) is 94.0 cm³/mol. The van der Waals surface area contributed by atoms with Crippen molar-refractivity contribution in [3.05, 3.63) is 64.4 Å². The molecule has 2 aromatic rings. The van der Waals surface area contributed by atoms with Gasteiger partial charge < -0.3 is 10.0 Å². The van der Waals surface area contributed by atoms with Crippen molar-refractivity contribution < 1.29 is 9.90 Å². The first-order valence-electron chi connectivity index (χ1n) is 8.19. The van der Waals surface area contributed by atoms with E-state index in [4.69, 9.17) is 11.6 Å². The molecule has 1 fully saturated rings. The molecule has 3 rings (SSSR count). The molecule has 1 aromatic carbocycles. The van der Waals surface area contributed by atoms with Crippen molar-refractivity contribution in [1.82, 2.24) is 9.88 Å². The van der Waals surface area contributed by atoms with Crippen LogP contribution in [0.15, 0.2) is 42.7 Å². The van der Waals surface area contributed by atoms with Gasteiger partial charge in [-0.1, -0.05) is 23.7 Å². The van der Waals surface area contributed by atoms with E-state index in [1.807, 2.05) is 30.0 Å². The molecular weight excluding hydrogens is 324 g/mol. The molecular formula is C19H21ClN2O2. The second kappa shape index (κ2) is 7.32. The Morgan fingerprint density at radius 2 is 1.92 bits per heavy atom. The van der Waals surface area contributed by atoms with Crippen LogP contribution in [0.3, 0.4) is 0 Å². The number of carbonyl (C=O) groups excluding carboxylic acids is 1. The Kier molecular flexibility index (Phi) is 5.17. The van der Waals surface area contributed by atoms with Gasteiger partial charge >= 0.3 is 0 Å². The fraction of sp³-hybridized carbons (Fsp3) is 0.368. The van der Waals surface area contributed by atoms with E-state index in [1.54, 1.807) is 24.5 Å². The largest absolute Gasteiger partial charge is 0.388 e. The van der Waals surface area contributed by atoms with E-state index in [1.165, 1.54) is 0 Å². The third-order valence-electron chi connectivity index (χ3n) is 4.61. The number of pyridine rings is 1. The van der Waals surface area contributed by atoms with Crippen LogP contribution in [-0.4, -0.2) is 34.0 Å². The number of hydrogen-bond donors (Lipinski definition) is 1. The topological polar surface area (TPSA) is 53.4 Å². The maximum atomic E-state index is 12.5. The summed E-state index contributed by atoms with van der Waals surface area (Å²) in [5.41, 5.74) is 2.49. The van der Waals surface area contributed by atoms with E-state index in [0.29, 0.717) is 23.7 Å². The number of hydrogen-bond acceptors (Lipinski definition) is 3. The third kappa shape index (κ3) is 3.77. The lowest BCUT2D eigenvalue weighted by Gasteiger charge is -2.34. The average Bonchev–Trinajstić information content (AvgIpc) is 2.61. The van der Waals surface area contributed by atoms with E-state index in [9.17, 15) is 9.90 Å². The summed E-state index contributed by atoms with van der Waals surface area (Å²) in [5.74, 6) is 0.177. The molecule has 126 valence electrons. The third-order valence-corrected chi connectivity index (χ3v) is 4.86. The maximum Gasteiger partial charge on any atom is 0.255 e. The molecule has 0 radical (unpaired) electrons. The van der Waals surface area contributed by atoms with Gasteiger partial charge in [-0.3, -0.25) is 9.78 Å². The molecule has 0 spiro atoms. The van der Waals surface area contributed by atoms with Crippen molar-refractivity contribution in [2.75, 3.05) is 13.1 Å². The minimum absolute atomic E-state index is 0.0191. The second-order valence-electron chi connectivity index (χ2n) is 6.38. The lowest BCUT2D eigenvalue weighted by atomic mass is 9.87. The number of amides is 1. The highest BCUT2D eigenvalue weighted by atomic mass is 35.5. The van der Waals surface area contributed by atoms with Gasteiger partial charge in [-0.25, -0.2) is 0 Å². The number of aryl methyl sites for hydroxylation is 1. The number of aromatic nitrogens is 1. The summed E-state index contributed by atoms with van der Waals surface area (Å²) in [7, 11) is 0. The maximum absolute atomic E-state index is 12.5. The van der Waals surface area contributed by atoms with Crippen molar-refractivity contribution in [1.29, 1.82) is 0 Å². The molecule has 1 aliphatic rings. The number of aliphatic hydroxyl groups is 1. The van der Waals surface area contributed by atoms with Crippen LogP contribution in [0.1, 0.15) is 40.4 Å². The Morgan fingerprint density at radius 1 is 1.25 bits per heavy atom. The van der Waals surface area contributed by atoms with Gasteiger partial charge in [0.1, 0.15) is 0 Å². The van der Waals surface area contributed by atoms with Crippen molar-refractivity contribution in [3.8, 4) is 0 Å². The van der Waals surface area contributed by atoms with E-state index in [2.05, 4.69) is 4.98 Å². The first-order chi connectivity index (χ1) is 11.5. The van der Waals surface area contributed by atoms with Crippen molar-refractivity contribution in [2.45, 2.75) is 25.9 Å². The zero-order chi connectivity index (χ0) is 17.1. The molecule has 1 atom stereocenters. The molecule has 1 saturated heterocycles. The molecule has 4 nitrogen and oxygen atoms in total.